The van der Waals surface area contributed by atoms with Gasteiger partial charge in [-0.25, -0.2) is 4.79 Å². The zero-order chi connectivity index (χ0) is 18.3. The number of nitrogens with zero attached hydrogens (tertiary/aromatic N) is 2. The van der Waals surface area contributed by atoms with Crippen LogP contribution in [-0.2, 0) is 9.57 Å². The van der Waals surface area contributed by atoms with Crippen LogP contribution in [0.3, 0.4) is 0 Å². The average Bonchev–Trinajstić information content (AvgIpc) is 2.82. The summed E-state index contributed by atoms with van der Waals surface area (Å²) in [5.74, 6) is 0. The fourth-order valence-corrected chi connectivity index (χ4v) is 4.20. The molecule has 1 unspecified atom stereocenters. The van der Waals surface area contributed by atoms with Crippen molar-refractivity contribution in [3.8, 4) is 0 Å². The molecular formula is C20H30N2O3. The number of piperidine rings is 1. The number of hydroxylamine groups is 2. The fourth-order valence-electron chi connectivity index (χ4n) is 4.20. The average molecular weight is 346 g/mol. The number of carbonyl (C=O) groups excluding carboxylic acids is 1. The van der Waals surface area contributed by atoms with Crippen molar-refractivity contribution in [3.63, 3.8) is 0 Å². The van der Waals surface area contributed by atoms with E-state index in [0.29, 0.717) is 13.2 Å². The lowest BCUT2D eigenvalue weighted by atomic mass is 9.82. The Kier molecular flexibility index (Phi) is 4.58. The van der Waals surface area contributed by atoms with Gasteiger partial charge in [0.2, 0.25) is 0 Å². The Morgan fingerprint density at radius 2 is 1.64 bits per heavy atom. The normalized spacial score (nSPS) is 28.8. The number of rotatable bonds is 4. The first-order valence-electron chi connectivity index (χ1n) is 9.11. The maximum Gasteiger partial charge on any atom is 0.415 e. The minimum absolute atomic E-state index is 0.0286. The highest BCUT2D eigenvalue weighted by atomic mass is 16.7. The molecule has 0 N–H and O–H groups in total. The van der Waals surface area contributed by atoms with Crippen molar-refractivity contribution in [1.82, 2.24) is 5.06 Å². The van der Waals surface area contributed by atoms with Gasteiger partial charge in [-0.1, -0.05) is 18.2 Å². The van der Waals surface area contributed by atoms with Crippen LogP contribution in [0.25, 0.3) is 0 Å². The van der Waals surface area contributed by atoms with Gasteiger partial charge < -0.3 is 4.74 Å². The molecule has 2 saturated heterocycles. The number of hydrogen-bond donors (Lipinski definition) is 0. The van der Waals surface area contributed by atoms with Crippen LogP contribution < -0.4 is 4.90 Å². The summed E-state index contributed by atoms with van der Waals surface area (Å²) in [6.45, 7) is 11.6. The molecule has 5 nitrogen and oxygen atoms in total. The number of hydrogen-bond acceptors (Lipinski definition) is 4. The van der Waals surface area contributed by atoms with Gasteiger partial charge in [0.05, 0.1) is 6.61 Å². The Labute approximate surface area is 150 Å². The molecule has 1 amide bonds. The zero-order valence-corrected chi connectivity index (χ0v) is 16.0. The standard InChI is InChI=1S/C20H30N2O3/c1-18(2)12-9-13-19(3,4)22(18)25-15-20(5)14-24-17(23)21(20)16-10-7-6-8-11-16/h6-8,10-11H,9,12-15H2,1-5H3. The van der Waals surface area contributed by atoms with Crippen molar-refractivity contribution < 1.29 is 14.4 Å². The lowest BCUT2D eigenvalue weighted by molar-refractivity contribution is -0.286. The van der Waals surface area contributed by atoms with E-state index >= 15 is 0 Å². The summed E-state index contributed by atoms with van der Waals surface area (Å²) in [4.78, 5) is 20.4. The second kappa shape index (κ2) is 6.29. The lowest BCUT2D eigenvalue weighted by Crippen LogP contribution is -2.60. The molecule has 2 heterocycles. The third-order valence-electron chi connectivity index (χ3n) is 5.42. The summed E-state index contributed by atoms with van der Waals surface area (Å²) in [6.07, 6.45) is 3.10. The van der Waals surface area contributed by atoms with Crippen LogP contribution in [0.1, 0.15) is 53.9 Å². The summed E-state index contributed by atoms with van der Waals surface area (Å²) in [7, 11) is 0. The third kappa shape index (κ3) is 3.40. The molecule has 1 aromatic rings. The van der Waals surface area contributed by atoms with Crippen molar-refractivity contribution >= 4 is 11.8 Å². The molecule has 1 aromatic carbocycles. The lowest BCUT2D eigenvalue weighted by Gasteiger charge is -2.52. The van der Waals surface area contributed by atoms with Crippen LogP contribution in [0.2, 0.25) is 0 Å². The highest BCUT2D eigenvalue weighted by Gasteiger charge is 2.48. The number of ether oxygens (including phenoxy) is 1. The Morgan fingerprint density at radius 3 is 2.24 bits per heavy atom. The Bertz CT molecular complexity index is 613. The van der Waals surface area contributed by atoms with Gasteiger partial charge in [0.1, 0.15) is 12.1 Å². The first-order valence-corrected chi connectivity index (χ1v) is 9.11. The van der Waals surface area contributed by atoms with Crippen molar-refractivity contribution in [3.05, 3.63) is 30.3 Å². The van der Waals surface area contributed by atoms with Crippen molar-refractivity contribution in [2.75, 3.05) is 18.1 Å². The Morgan fingerprint density at radius 1 is 1.04 bits per heavy atom. The third-order valence-corrected chi connectivity index (χ3v) is 5.42. The number of benzene rings is 1. The molecule has 5 heteroatoms. The molecule has 0 spiro atoms. The predicted molar refractivity (Wildman–Crippen MR) is 98.5 cm³/mol. The van der Waals surface area contributed by atoms with Crippen LogP contribution in [-0.4, -0.2) is 41.0 Å². The first kappa shape index (κ1) is 18.2. The van der Waals surface area contributed by atoms with Gasteiger partial charge in [0.25, 0.3) is 0 Å². The highest BCUT2D eigenvalue weighted by Crippen LogP contribution is 2.39. The second-order valence-electron chi connectivity index (χ2n) is 8.77. The maximum atomic E-state index is 12.3. The Balaban J connectivity index is 1.80. The summed E-state index contributed by atoms with van der Waals surface area (Å²) < 4.78 is 5.37. The smallest absolute Gasteiger partial charge is 0.415 e. The number of amides is 1. The molecule has 0 aromatic heterocycles. The van der Waals surface area contributed by atoms with Gasteiger partial charge in [-0.2, -0.15) is 5.06 Å². The Hall–Kier alpha value is -1.59. The van der Waals surface area contributed by atoms with Crippen LogP contribution in [0.4, 0.5) is 10.5 Å². The summed E-state index contributed by atoms with van der Waals surface area (Å²) >= 11 is 0. The molecule has 3 rings (SSSR count). The van der Waals surface area contributed by atoms with E-state index in [9.17, 15) is 4.79 Å². The highest BCUT2D eigenvalue weighted by molar-refractivity contribution is 5.91. The molecule has 1 atom stereocenters. The van der Waals surface area contributed by atoms with Gasteiger partial charge >= 0.3 is 6.09 Å². The minimum Gasteiger partial charge on any atom is -0.447 e. The van der Waals surface area contributed by atoms with E-state index in [1.165, 1.54) is 6.42 Å². The summed E-state index contributed by atoms with van der Waals surface area (Å²) in [5.41, 5.74) is 0.258. The van der Waals surface area contributed by atoms with Crippen LogP contribution in [0.5, 0.6) is 0 Å². The maximum absolute atomic E-state index is 12.3. The van der Waals surface area contributed by atoms with Crippen molar-refractivity contribution in [2.45, 2.75) is 70.5 Å². The summed E-state index contributed by atoms with van der Waals surface area (Å²) in [5, 5.41) is 2.14. The SMILES string of the molecule is CC1(C)CCCC(C)(C)N1OCC1(C)COC(=O)N1c1ccccc1. The minimum atomic E-state index is -0.526. The molecular weight excluding hydrogens is 316 g/mol. The van der Waals surface area contributed by atoms with E-state index in [4.69, 9.17) is 9.57 Å². The van der Waals surface area contributed by atoms with Crippen LogP contribution in [0, 0.1) is 0 Å². The summed E-state index contributed by atoms with van der Waals surface area (Å²) in [6, 6.07) is 9.66. The van der Waals surface area contributed by atoms with E-state index in [-0.39, 0.29) is 17.2 Å². The molecule has 2 aliphatic rings. The fraction of sp³-hybridized carbons (Fsp3) is 0.650. The number of anilines is 1. The van der Waals surface area contributed by atoms with E-state index in [1.807, 2.05) is 37.3 Å². The van der Waals surface area contributed by atoms with E-state index < -0.39 is 5.54 Å². The quantitative estimate of drug-likeness (QED) is 0.811. The molecule has 0 saturated carbocycles. The molecule has 0 aliphatic carbocycles. The van der Waals surface area contributed by atoms with Gasteiger partial charge in [0, 0.05) is 16.8 Å². The first-order chi connectivity index (χ1) is 11.7. The van der Waals surface area contributed by atoms with Gasteiger partial charge in [-0.3, -0.25) is 9.74 Å². The topological polar surface area (TPSA) is 42.0 Å². The molecule has 138 valence electrons. The molecule has 0 bridgehead atoms. The monoisotopic (exact) mass is 346 g/mol. The van der Waals surface area contributed by atoms with Crippen LogP contribution >= 0.6 is 0 Å². The van der Waals surface area contributed by atoms with Crippen LogP contribution in [0.15, 0.2) is 30.3 Å². The van der Waals surface area contributed by atoms with E-state index in [0.717, 1.165) is 18.5 Å². The molecule has 2 aliphatic heterocycles. The van der Waals surface area contributed by atoms with Gasteiger partial charge in [-0.05, 0) is 66.0 Å². The molecule has 2 fully saturated rings. The van der Waals surface area contributed by atoms with Crippen molar-refractivity contribution in [2.24, 2.45) is 0 Å². The van der Waals surface area contributed by atoms with Gasteiger partial charge in [0.15, 0.2) is 0 Å². The second-order valence-corrected chi connectivity index (χ2v) is 8.77. The zero-order valence-electron chi connectivity index (χ0n) is 16.0. The van der Waals surface area contributed by atoms with Gasteiger partial charge in [-0.15, -0.1) is 0 Å². The molecule has 25 heavy (non-hydrogen) atoms. The number of cyclic esters (lactones) is 1. The van der Waals surface area contributed by atoms with Crippen molar-refractivity contribution in [1.29, 1.82) is 0 Å². The number of para-hydroxylation sites is 1. The van der Waals surface area contributed by atoms with E-state index in [2.05, 4.69) is 32.8 Å². The predicted octanol–water partition coefficient (Wildman–Crippen LogP) is 4.38. The largest absolute Gasteiger partial charge is 0.447 e. The number of carbonyl (C=O) groups is 1. The van der Waals surface area contributed by atoms with E-state index in [1.54, 1.807) is 4.90 Å². The molecule has 0 radical (unpaired) electrons.